The van der Waals surface area contributed by atoms with Crippen molar-refractivity contribution >= 4 is 17.3 Å². The number of nitrogens with two attached hydrogens (primary N) is 1. The van der Waals surface area contributed by atoms with Gasteiger partial charge < -0.3 is 10.5 Å². The fraction of sp³-hybridized carbons (Fsp3) is 0.400. The Morgan fingerprint density at radius 3 is 2.77 bits per heavy atom. The van der Waals surface area contributed by atoms with E-state index < -0.39 is 0 Å². The summed E-state index contributed by atoms with van der Waals surface area (Å²) in [4.78, 5) is 0. The summed E-state index contributed by atoms with van der Waals surface area (Å²) >= 11 is 5.93. The summed E-state index contributed by atoms with van der Waals surface area (Å²) in [5.41, 5.74) is 6.20. The minimum Gasteiger partial charge on any atom is -0.489 e. The van der Waals surface area contributed by atoms with Crippen LogP contribution in [0.5, 0.6) is 5.75 Å². The first kappa shape index (κ1) is 10.2. The molecular weight excluding hydrogens is 186 g/mol. The lowest BCUT2D eigenvalue weighted by atomic mass is 10.3. The molecule has 0 aliphatic carbocycles. The summed E-state index contributed by atoms with van der Waals surface area (Å²) in [7, 11) is 0. The zero-order valence-electron chi connectivity index (χ0n) is 7.88. The highest BCUT2D eigenvalue weighted by Gasteiger charge is 2.05. The van der Waals surface area contributed by atoms with Crippen LogP contribution in [0.3, 0.4) is 0 Å². The highest BCUT2D eigenvalue weighted by atomic mass is 35.5. The molecule has 0 amide bonds. The number of halogens is 1. The molecule has 0 heterocycles. The van der Waals surface area contributed by atoms with Gasteiger partial charge in [0.15, 0.2) is 0 Å². The molecule has 0 saturated carbocycles. The topological polar surface area (TPSA) is 35.2 Å². The molecule has 1 aromatic carbocycles. The van der Waals surface area contributed by atoms with Crippen LogP contribution in [-0.4, -0.2) is 6.10 Å². The summed E-state index contributed by atoms with van der Waals surface area (Å²) in [5, 5.41) is 0.570. The van der Waals surface area contributed by atoms with Crippen molar-refractivity contribution in [1.82, 2.24) is 0 Å². The van der Waals surface area contributed by atoms with Gasteiger partial charge in [-0.25, -0.2) is 0 Å². The minimum atomic E-state index is 0.182. The first-order chi connectivity index (χ1) is 6.13. The van der Waals surface area contributed by atoms with Crippen LogP contribution in [0.25, 0.3) is 0 Å². The van der Waals surface area contributed by atoms with Crippen molar-refractivity contribution in [2.45, 2.75) is 26.4 Å². The van der Waals surface area contributed by atoms with E-state index >= 15 is 0 Å². The largest absolute Gasteiger partial charge is 0.489 e. The third-order valence-electron chi connectivity index (χ3n) is 1.86. The number of rotatable bonds is 3. The van der Waals surface area contributed by atoms with E-state index in [0.29, 0.717) is 16.5 Å². The fourth-order valence-corrected chi connectivity index (χ4v) is 1.15. The highest BCUT2D eigenvalue weighted by molar-refractivity contribution is 6.32. The zero-order chi connectivity index (χ0) is 9.84. The van der Waals surface area contributed by atoms with Crippen molar-refractivity contribution in [1.29, 1.82) is 0 Å². The van der Waals surface area contributed by atoms with Crippen molar-refractivity contribution in [3.63, 3.8) is 0 Å². The van der Waals surface area contributed by atoms with Crippen LogP contribution in [0, 0.1) is 0 Å². The van der Waals surface area contributed by atoms with Gasteiger partial charge in [0.25, 0.3) is 0 Å². The van der Waals surface area contributed by atoms with Crippen LogP contribution in [0.1, 0.15) is 20.3 Å². The highest BCUT2D eigenvalue weighted by Crippen LogP contribution is 2.27. The van der Waals surface area contributed by atoms with Gasteiger partial charge in [-0.05, 0) is 31.5 Å². The van der Waals surface area contributed by atoms with Gasteiger partial charge in [-0.1, -0.05) is 18.5 Å². The molecule has 2 N–H and O–H groups in total. The molecule has 3 heteroatoms. The maximum absolute atomic E-state index is 5.93. The number of hydrogen-bond acceptors (Lipinski definition) is 2. The predicted octanol–water partition coefficient (Wildman–Crippen LogP) is 3.10. The van der Waals surface area contributed by atoms with E-state index in [0.717, 1.165) is 6.42 Å². The summed E-state index contributed by atoms with van der Waals surface area (Å²) < 4.78 is 5.56. The monoisotopic (exact) mass is 199 g/mol. The lowest BCUT2D eigenvalue weighted by Gasteiger charge is -2.13. The van der Waals surface area contributed by atoms with Gasteiger partial charge >= 0.3 is 0 Å². The van der Waals surface area contributed by atoms with Crippen LogP contribution < -0.4 is 10.5 Å². The van der Waals surface area contributed by atoms with Gasteiger partial charge in [-0.2, -0.15) is 0 Å². The maximum Gasteiger partial charge on any atom is 0.138 e. The Labute approximate surface area is 83.6 Å². The Hall–Kier alpha value is -0.890. The number of nitrogen functional groups attached to an aromatic ring is 1. The molecule has 0 unspecified atom stereocenters. The van der Waals surface area contributed by atoms with Gasteiger partial charge in [0.2, 0.25) is 0 Å². The van der Waals surface area contributed by atoms with Gasteiger partial charge in [0.1, 0.15) is 5.75 Å². The van der Waals surface area contributed by atoms with Crippen molar-refractivity contribution in [3.05, 3.63) is 23.2 Å². The molecule has 1 rings (SSSR count). The second-order valence-corrected chi connectivity index (χ2v) is 3.43. The average molecular weight is 200 g/mol. The van der Waals surface area contributed by atoms with Crippen molar-refractivity contribution < 1.29 is 4.74 Å². The molecule has 0 spiro atoms. The van der Waals surface area contributed by atoms with E-state index in [2.05, 4.69) is 6.92 Å². The Morgan fingerprint density at radius 2 is 2.23 bits per heavy atom. The number of anilines is 1. The standard InChI is InChI=1S/C10H14ClNO/c1-3-7(2)13-10-5-4-8(12)6-9(10)11/h4-7H,3,12H2,1-2H3/t7-/m0/s1. The van der Waals surface area contributed by atoms with Gasteiger partial charge in [-0.3, -0.25) is 0 Å². The molecule has 0 bridgehead atoms. The Kier molecular flexibility index (Phi) is 3.43. The molecule has 0 aliphatic heterocycles. The average Bonchev–Trinajstić information content (AvgIpc) is 2.09. The molecule has 2 nitrogen and oxygen atoms in total. The van der Waals surface area contributed by atoms with Crippen molar-refractivity contribution in [2.75, 3.05) is 5.73 Å². The molecule has 72 valence electrons. The smallest absolute Gasteiger partial charge is 0.138 e. The molecule has 0 saturated heterocycles. The van der Waals surface area contributed by atoms with Crippen molar-refractivity contribution in [2.24, 2.45) is 0 Å². The molecule has 0 aliphatic rings. The number of ether oxygens (including phenoxy) is 1. The van der Waals surface area contributed by atoms with Gasteiger partial charge in [-0.15, -0.1) is 0 Å². The molecule has 0 fully saturated rings. The van der Waals surface area contributed by atoms with E-state index in [1.54, 1.807) is 18.2 Å². The normalized spacial score (nSPS) is 12.5. The van der Waals surface area contributed by atoms with E-state index in [1.165, 1.54) is 0 Å². The van der Waals surface area contributed by atoms with Crippen molar-refractivity contribution in [3.8, 4) is 5.75 Å². The van der Waals surface area contributed by atoms with Crippen LogP contribution >= 0.6 is 11.6 Å². The third kappa shape index (κ3) is 2.81. The second kappa shape index (κ2) is 4.38. The van der Waals surface area contributed by atoms with Crippen LogP contribution in [-0.2, 0) is 0 Å². The van der Waals surface area contributed by atoms with E-state index in [9.17, 15) is 0 Å². The van der Waals surface area contributed by atoms with Crippen LogP contribution in [0.4, 0.5) is 5.69 Å². The van der Waals surface area contributed by atoms with E-state index in [1.807, 2.05) is 6.92 Å². The molecule has 0 aromatic heterocycles. The summed E-state index contributed by atoms with van der Waals surface area (Å²) in [6, 6.07) is 5.27. The first-order valence-electron chi connectivity index (χ1n) is 4.35. The molecule has 1 aromatic rings. The predicted molar refractivity (Wildman–Crippen MR) is 56.2 cm³/mol. The SMILES string of the molecule is CC[C@H](C)Oc1ccc(N)cc1Cl. The summed E-state index contributed by atoms with van der Waals surface area (Å²) in [6.07, 6.45) is 1.14. The number of hydrogen-bond donors (Lipinski definition) is 1. The van der Waals surface area contributed by atoms with E-state index in [-0.39, 0.29) is 6.10 Å². The number of benzene rings is 1. The summed E-state index contributed by atoms with van der Waals surface area (Å²) in [5.74, 6) is 0.699. The minimum absolute atomic E-state index is 0.182. The zero-order valence-corrected chi connectivity index (χ0v) is 8.64. The van der Waals surface area contributed by atoms with Gasteiger partial charge in [0, 0.05) is 5.69 Å². The third-order valence-corrected chi connectivity index (χ3v) is 2.15. The molecule has 1 atom stereocenters. The molecule has 0 radical (unpaired) electrons. The second-order valence-electron chi connectivity index (χ2n) is 3.03. The molecular formula is C10H14ClNO. The molecule has 13 heavy (non-hydrogen) atoms. The lowest BCUT2D eigenvalue weighted by Crippen LogP contribution is -2.09. The Balaban J connectivity index is 2.77. The van der Waals surface area contributed by atoms with Gasteiger partial charge in [0.05, 0.1) is 11.1 Å². The Bertz CT molecular complexity index is 288. The summed E-state index contributed by atoms with van der Waals surface area (Å²) in [6.45, 7) is 4.07. The van der Waals surface area contributed by atoms with Crippen LogP contribution in [0.2, 0.25) is 5.02 Å². The lowest BCUT2D eigenvalue weighted by molar-refractivity contribution is 0.217. The maximum atomic E-state index is 5.93. The first-order valence-corrected chi connectivity index (χ1v) is 4.73. The Morgan fingerprint density at radius 1 is 1.54 bits per heavy atom. The fourth-order valence-electron chi connectivity index (χ4n) is 0.913. The van der Waals surface area contributed by atoms with E-state index in [4.69, 9.17) is 22.1 Å². The quantitative estimate of drug-likeness (QED) is 0.760. The van der Waals surface area contributed by atoms with Crippen LogP contribution in [0.15, 0.2) is 18.2 Å².